The molecule has 1 aromatic heterocycles. The zero-order valence-corrected chi connectivity index (χ0v) is 10.5. The van der Waals surface area contributed by atoms with E-state index in [-0.39, 0.29) is 5.82 Å². The average Bonchev–Trinajstić information content (AvgIpc) is 2.34. The maximum Gasteiger partial charge on any atom is 0.123 e. The molecule has 0 amide bonds. The molecule has 0 radical (unpaired) electrons. The molecule has 0 unspecified atom stereocenters. The maximum atomic E-state index is 12.7. The lowest BCUT2D eigenvalue weighted by Gasteiger charge is -2.02. The first kappa shape index (κ1) is 12.1. The van der Waals surface area contributed by atoms with Gasteiger partial charge in [-0.3, -0.25) is 4.98 Å². The van der Waals surface area contributed by atoms with E-state index in [2.05, 4.69) is 17.1 Å². The van der Waals surface area contributed by atoms with Gasteiger partial charge in [0, 0.05) is 22.5 Å². The van der Waals surface area contributed by atoms with Crippen LogP contribution in [-0.2, 0) is 6.42 Å². The molecule has 2 rings (SSSR count). The Morgan fingerprint density at radius 3 is 2.53 bits per heavy atom. The van der Waals surface area contributed by atoms with E-state index in [4.69, 9.17) is 0 Å². The zero-order chi connectivity index (χ0) is 12.1. The summed E-state index contributed by atoms with van der Waals surface area (Å²) in [6, 6.07) is 10.7. The smallest absolute Gasteiger partial charge is 0.123 e. The first-order valence-corrected chi connectivity index (χ1v) is 6.52. The lowest BCUT2D eigenvalue weighted by molar-refractivity contribution is 0.626. The van der Waals surface area contributed by atoms with E-state index in [0.717, 1.165) is 22.8 Å². The summed E-state index contributed by atoms with van der Waals surface area (Å²) in [5.41, 5.74) is 2.28. The molecule has 0 aliphatic heterocycles. The fourth-order valence-electron chi connectivity index (χ4n) is 1.45. The molecule has 2 aromatic rings. The van der Waals surface area contributed by atoms with Crippen molar-refractivity contribution in [3.63, 3.8) is 0 Å². The molecule has 0 fully saturated rings. The molecular weight excluding hydrogens is 233 g/mol. The Kier molecular flexibility index (Phi) is 4.15. The maximum absolute atomic E-state index is 12.7. The SMILES string of the molecule is Cc1ccc(CCSc2ccc(F)cc2)nc1. The van der Waals surface area contributed by atoms with Gasteiger partial charge in [0.2, 0.25) is 0 Å². The summed E-state index contributed by atoms with van der Waals surface area (Å²) in [5.74, 6) is 0.774. The van der Waals surface area contributed by atoms with Crippen molar-refractivity contribution in [1.82, 2.24) is 4.98 Å². The average molecular weight is 247 g/mol. The molecule has 0 saturated heterocycles. The van der Waals surface area contributed by atoms with Crippen molar-refractivity contribution in [3.05, 3.63) is 59.7 Å². The number of hydrogen-bond donors (Lipinski definition) is 0. The van der Waals surface area contributed by atoms with E-state index >= 15 is 0 Å². The quantitative estimate of drug-likeness (QED) is 0.761. The van der Waals surface area contributed by atoms with Gasteiger partial charge in [-0.1, -0.05) is 6.07 Å². The Morgan fingerprint density at radius 1 is 1.12 bits per heavy atom. The van der Waals surface area contributed by atoms with Gasteiger partial charge in [0.25, 0.3) is 0 Å². The third kappa shape index (κ3) is 3.86. The van der Waals surface area contributed by atoms with Gasteiger partial charge in [-0.15, -0.1) is 11.8 Å². The van der Waals surface area contributed by atoms with Crippen LogP contribution in [0.15, 0.2) is 47.5 Å². The zero-order valence-electron chi connectivity index (χ0n) is 9.69. The normalized spacial score (nSPS) is 10.5. The fraction of sp³-hybridized carbons (Fsp3) is 0.214. The summed E-state index contributed by atoms with van der Waals surface area (Å²) in [7, 11) is 0. The van der Waals surface area contributed by atoms with Crippen LogP contribution in [0.2, 0.25) is 0 Å². The predicted molar refractivity (Wildman–Crippen MR) is 69.8 cm³/mol. The van der Waals surface area contributed by atoms with E-state index in [9.17, 15) is 4.39 Å². The standard InChI is InChI=1S/C14H14FNS/c1-11-2-5-13(16-10-11)8-9-17-14-6-3-12(15)4-7-14/h2-7,10H,8-9H2,1H3. The first-order chi connectivity index (χ1) is 8.24. The van der Waals surface area contributed by atoms with Crippen LogP contribution in [0.5, 0.6) is 0 Å². The Morgan fingerprint density at radius 2 is 1.88 bits per heavy atom. The lowest BCUT2D eigenvalue weighted by atomic mass is 10.2. The highest BCUT2D eigenvalue weighted by molar-refractivity contribution is 7.99. The molecule has 3 heteroatoms. The van der Waals surface area contributed by atoms with Crippen LogP contribution >= 0.6 is 11.8 Å². The molecule has 0 spiro atoms. The molecule has 0 aliphatic rings. The van der Waals surface area contributed by atoms with Gasteiger partial charge in [0.1, 0.15) is 5.82 Å². The van der Waals surface area contributed by atoms with Gasteiger partial charge in [0.15, 0.2) is 0 Å². The summed E-state index contributed by atoms with van der Waals surface area (Å²) in [4.78, 5) is 5.45. The van der Waals surface area contributed by atoms with Gasteiger partial charge in [-0.25, -0.2) is 4.39 Å². The molecule has 17 heavy (non-hydrogen) atoms. The van der Waals surface area contributed by atoms with E-state index in [0.29, 0.717) is 0 Å². The molecule has 1 aromatic carbocycles. The minimum absolute atomic E-state index is 0.186. The van der Waals surface area contributed by atoms with E-state index in [1.165, 1.54) is 17.7 Å². The number of aryl methyl sites for hydroxylation is 2. The number of thioether (sulfide) groups is 1. The summed E-state index contributed by atoms with van der Waals surface area (Å²) in [5, 5.41) is 0. The van der Waals surface area contributed by atoms with Crippen LogP contribution in [0.3, 0.4) is 0 Å². The monoisotopic (exact) mass is 247 g/mol. The van der Waals surface area contributed by atoms with Gasteiger partial charge in [0.05, 0.1) is 0 Å². The van der Waals surface area contributed by atoms with Gasteiger partial charge in [-0.2, -0.15) is 0 Å². The largest absolute Gasteiger partial charge is 0.261 e. The second-order valence-corrected chi connectivity index (χ2v) is 5.05. The van der Waals surface area contributed by atoms with Crippen LogP contribution in [0.4, 0.5) is 4.39 Å². The molecule has 0 N–H and O–H groups in total. The minimum atomic E-state index is -0.186. The van der Waals surface area contributed by atoms with Crippen LogP contribution in [0.1, 0.15) is 11.3 Å². The number of hydrogen-bond acceptors (Lipinski definition) is 2. The van der Waals surface area contributed by atoms with Gasteiger partial charge >= 0.3 is 0 Å². The second-order valence-electron chi connectivity index (χ2n) is 3.88. The lowest BCUT2D eigenvalue weighted by Crippen LogP contribution is -1.92. The third-order valence-electron chi connectivity index (χ3n) is 2.41. The van der Waals surface area contributed by atoms with Crippen LogP contribution in [0, 0.1) is 12.7 Å². The number of pyridine rings is 1. The van der Waals surface area contributed by atoms with Crippen LogP contribution in [0.25, 0.3) is 0 Å². The highest BCUT2D eigenvalue weighted by Gasteiger charge is 1.97. The van der Waals surface area contributed by atoms with Crippen molar-refractivity contribution in [1.29, 1.82) is 0 Å². The first-order valence-electron chi connectivity index (χ1n) is 5.54. The summed E-state index contributed by atoms with van der Waals surface area (Å²) >= 11 is 1.72. The van der Waals surface area contributed by atoms with Crippen molar-refractivity contribution in [2.45, 2.75) is 18.2 Å². The number of aromatic nitrogens is 1. The molecule has 88 valence electrons. The molecule has 0 atom stereocenters. The van der Waals surface area contributed by atoms with Crippen molar-refractivity contribution in [2.24, 2.45) is 0 Å². The van der Waals surface area contributed by atoms with Crippen LogP contribution in [-0.4, -0.2) is 10.7 Å². The summed E-state index contributed by atoms with van der Waals surface area (Å²) in [6.07, 6.45) is 2.82. The molecule has 1 nitrogen and oxygen atoms in total. The molecule has 0 saturated carbocycles. The third-order valence-corrected chi connectivity index (χ3v) is 3.43. The highest BCUT2D eigenvalue weighted by atomic mass is 32.2. The van der Waals surface area contributed by atoms with Gasteiger partial charge < -0.3 is 0 Å². The summed E-state index contributed by atoms with van der Waals surface area (Å²) < 4.78 is 12.7. The molecule has 1 heterocycles. The Balaban J connectivity index is 1.83. The fourth-order valence-corrected chi connectivity index (χ4v) is 2.33. The number of nitrogens with zero attached hydrogens (tertiary/aromatic N) is 1. The second kappa shape index (κ2) is 5.82. The minimum Gasteiger partial charge on any atom is -0.261 e. The van der Waals surface area contributed by atoms with Crippen molar-refractivity contribution < 1.29 is 4.39 Å². The Bertz CT molecular complexity index is 419. The van der Waals surface area contributed by atoms with Crippen molar-refractivity contribution >= 4 is 11.8 Å². The molecular formula is C14H14FNS. The molecule has 0 aliphatic carbocycles. The van der Waals surface area contributed by atoms with Gasteiger partial charge in [-0.05, 0) is 49.2 Å². The number of halogens is 1. The van der Waals surface area contributed by atoms with E-state index in [1.54, 1.807) is 11.8 Å². The number of benzene rings is 1. The Hall–Kier alpha value is -1.35. The molecule has 0 bridgehead atoms. The summed E-state index contributed by atoms with van der Waals surface area (Å²) in [6.45, 7) is 2.03. The van der Waals surface area contributed by atoms with Crippen molar-refractivity contribution in [3.8, 4) is 0 Å². The van der Waals surface area contributed by atoms with E-state index < -0.39 is 0 Å². The Labute approximate surface area is 105 Å². The highest BCUT2D eigenvalue weighted by Crippen LogP contribution is 2.19. The predicted octanol–water partition coefficient (Wildman–Crippen LogP) is 3.86. The van der Waals surface area contributed by atoms with Crippen molar-refractivity contribution in [2.75, 3.05) is 5.75 Å². The topological polar surface area (TPSA) is 12.9 Å². The van der Waals surface area contributed by atoms with Crippen LogP contribution < -0.4 is 0 Å². The van der Waals surface area contributed by atoms with E-state index in [1.807, 2.05) is 25.3 Å². The number of rotatable bonds is 4.